The second kappa shape index (κ2) is 13.2. The van der Waals surface area contributed by atoms with Crippen LogP contribution < -0.4 is 9.46 Å². The van der Waals surface area contributed by atoms with Crippen molar-refractivity contribution in [3.8, 4) is 17.0 Å². The largest absolute Gasteiger partial charge is 0.497 e. The molecule has 2 bridgehead atoms. The first-order valence-electron chi connectivity index (χ1n) is 18.6. The number of allylic oxidation sites excluding steroid dienone is 1. The highest BCUT2D eigenvalue weighted by atomic mass is 32.2. The fourth-order valence-electron chi connectivity index (χ4n) is 9.06. The Labute approximate surface area is 305 Å². The molecule has 3 fully saturated rings. The molecule has 2 unspecified atom stereocenters. The molecule has 2 aromatic carbocycles. The third kappa shape index (κ3) is 5.84. The molecule has 2 amide bonds. The molecule has 2 saturated heterocycles. The first-order valence-corrected chi connectivity index (χ1v) is 20.1. The van der Waals surface area contributed by atoms with Crippen LogP contribution in [0.15, 0.2) is 42.6 Å². The number of hydrogen-bond donors (Lipinski definition) is 1. The average molecular weight is 725 g/mol. The summed E-state index contributed by atoms with van der Waals surface area (Å²) in [5.41, 5.74) is 7.75. The Balaban J connectivity index is 1.31. The number of fused-ring (bicyclic) bond motifs is 7. The summed E-state index contributed by atoms with van der Waals surface area (Å²) >= 11 is 0. The van der Waals surface area contributed by atoms with E-state index in [0.29, 0.717) is 43.2 Å². The van der Waals surface area contributed by atoms with E-state index >= 15 is 0 Å². The number of methoxy groups -OCH3 is 1. The smallest absolute Gasteiger partial charge is 0.264 e. The summed E-state index contributed by atoms with van der Waals surface area (Å²) in [6.45, 7) is 4.92. The Kier molecular flexibility index (Phi) is 8.81. The average Bonchev–Trinajstić information content (AvgIpc) is 3.67. The molecular formula is C40H48N6O5S. The molecule has 8 rings (SSSR count). The molecule has 0 radical (unpaired) electrons. The molecule has 2 atom stereocenters. The molecule has 2 aromatic heterocycles. The molecule has 0 spiro atoms. The number of carbonyl (C=O) groups is 2. The summed E-state index contributed by atoms with van der Waals surface area (Å²) in [4.78, 5) is 32.3. The third-order valence-corrected chi connectivity index (χ3v) is 13.7. The zero-order valence-electron chi connectivity index (χ0n) is 30.7. The van der Waals surface area contributed by atoms with Crippen LogP contribution in [0.2, 0.25) is 0 Å². The number of rotatable bonds is 7. The van der Waals surface area contributed by atoms with Crippen LogP contribution in [0, 0.1) is 0 Å². The van der Waals surface area contributed by atoms with Gasteiger partial charge >= 0.3 is 0 Å². The van der Waals surface area contributed by atoms with Crippen molar-refractivity contribution in [2.75, 3.05) is 27.2 Å². The summed E-state index contributed by atoms with van der Waals surface area (Å²) < 4.78 is 37.5. The lowest BCUT2D eigenvalue weighted by Crippen LogP contribution is -2.53. The number of amides is 2. The topological polar surface area (TPSA) is 119 Å². The normalized spacial score (nSPS) is 20.8. The minimum atomic E-state index is -3.83. The van der Waals surface area contributed by atoms with E-state index in [0.717, 1.165) is 83.3 Å². The Morgan fingerprint density at radius 2 is 1.67 bits per heavy atom. The van der Waals surface area contributed by atoms with E-state index in [-0.39, 0.29) is 11.5 Å². The number of hydrogen-bond acceptors (Lipinski definition) is 7. The van der Waals surface area contributed by atoms with Gasteiger partial charge in [-0.3, -0.25) is 19.2 Å². The lowest BCUT2D eigenvalue weighted by atomic mass is 9.81. The number of nitrogens with zero attached hydrogens (tertiary/aromatic N) is 5. The van der Waals surface area contributed by atoms with Crippen molar-refractivity contribution in [3.63, 3.8) is 0 Å². The van der Waals surface area contributed by atoms with Gasteiger partial charge in [0.2, 0.25) is 10.0 Å². The van der Waals surface area contributed by atoms with Gasteiger partial charge in [-0.05, 0) is 106 Å². The van der Waals surface area contributed by atoms with E-state index < -0.39 is 21.2 Å². The van der Waals surface area contributed by atoms with Crippen LogP contribution >= 0.6 is 0 Å². The van der Waals surface area contributed by atoms with Crippen molar-refractivity contribution >= 4 is 44.4 Å². The van der Waals surface area contributed by atoms with Gasteiger partial charge in [0.1, 0.15) is 5.75 Å². The molecule has 5 heterocycles. The Morgan fingerprint density at radius 1 is 0.942 bits per heavy atom. The molecule has 52 heavy (non-hydrogen) atoms. The van der Waals surface area contributed by atoms with E-state index in [9.17, 15) is 18.0 Å². The van der Waals surface area contributed by atoms with Crippen LogP contribution in [-0.2, 0) is 23.6 Å². The van der Waals surface area contributed by atoms with Crippen molar-refractivity contribution in [3.05, 3.63) is 70.5 Å². The van der Waals surface area contributed by atoms with Gasteiger partial charge < -0.3 is 14.2 Å². The van der Waals surface area contributed by atoms with Crippen LogP contribution in [0.25, 0.3) is 33.8 Å². The number of carbonyl (C=O) groups excluding carboxylic acids is 2. The molecule has 4 aliphatic rings. The quantitative estimate of drug-likeness (QED) is 0.247. The number of nitrogens with one attached hydrogen (secondary N) is 1. The number of ether oxygens (including phenoxy) is 1. The first kappa shape index (κ1) is 34.7. The van der Waals surface area contributed by atoms with Crippen LogP contribution in [-0.4, -0.2) is 89.0 Å². The number of piperazine rings is 1. The van der Waals surface area contributed by atoms with Gasteiger partial charge in [-0.15, -0.1) is 0 Å². The van der Waals surface area contributed by atoms with Gasteiger partial charge in [-0.2, -0.15) is 5.10 Å². The summed E-state index contributed by atoms with van der Waals surface area (Å²) in [6, 6.07) is 12.5. The minimum Gasteiger partial charge on any atom is -0.497 e. The number of benzene rings is 2. The van der Waals surface area contributed by atoms with Crippen LogP contribution in [0.5, 0.6) is 5.75 Å². The predicted octanol–water partition coefficient (Wildman–Crippen LogP) is 6.04. The molecule has 3 aliphatic heterocycles. The van der Waals surface area contributed by atoms with Crippen molar-refractivity contribution < 1.29 is 22.7 Å². The number of likely N-dealkylation sites (N-methyl/N-ethyl adjacent to an activating group) is 1. The van der Waals surface area contributed by atoms with Crippen LogP contribution in [0.4, 0.5) is 0 Å². The lowest BCUT2D eigenvalue weighted by Gasteiger charge is -2.38. The van der Waals surface area contributed by atoms with E-state index in [1.807, 2.05) is 30.1 Å². The second-order valence-electron chi connectivity index (χ2n) is 15.4. The standard InChI is InChI=1S/C40H48N6O5S/c1-24(2)52(49,50)42-39(47)26-11-15-33-35(19-26)46-21-28(37-34(20-41-44(37)4)40(48)45-22-29-12-13-30(23-45)43(29)3)17-27-18-31(51-5)14-16-32(27)38(46)36(33)25-9-7-6-8-10-25/h11,14-20,24-25,29-30H,6-10,12-13,21-23H2,1-5H3,(H,42,47). The molecule has 4 aromatic rings. The molecule has 12 heteroatoms. The highest BCUT2D eigenvalue weighted by Crippen LogP contribution is 2.48. The van der Waals surface area contributed by atoms with Crippen molar-refractivity contribution in [1.82, 2.24) is 28.9 Å². The number of aromatic nitrogens is 3. The number of likely N-dealkylation sites (tertiary alicyclic amines) is 1. The predicted molar refractivity (Wildman–Crippen MR) is 203 cm³/mol. The fraction of sp³-hybridized carbons (Fsp3) is 0.475. The van der Waals surface area contributed by atoms with Gasteiger partial charge in [-0.1, -0.05) is 25.3 Å². The minimum absolute atomic E-state index is 0.00471. The SMILES string of the molecule is COc1ccc2c(c1)C=C(c1c(C(=O)N3CC4CCC(C3)N4C)cnn1C)Cn1c-2c(C2CCCCC2)c2ccc(C(=O)NS(=O)(=O)C(C)C)cc21. The van der Waals surface area contributed by atoms with E-state index in [4.69, 9.17) is 4.74 Å². The Morgan fingerprint density at radius 3 is 2.37 bits per heavy atom. The fourth-order valence-corrected chi connectivity index (χ4v) is 9.67. The van der Waals surface area contributed by atoms with E-state index in [1.165, 1.54) is 12.0 Å². The summed E-state index contributed by atoms with van der Waals surface area (Å²) in [6.07, 6.45) is 11.7. The Hall–Kier alpha value is -4.42. The summed E-state index contributed by atoms with van der Waals surface area (Å²) in [5, 5.41) is 4.96. The number of aryl methyl sites for hydroxylation is 1. The van der Waals surface area contributed by atoms with Gasteiger partial charge in [0.05, 0.1) is 42.1 Å². The van der Waals surface area contributed by atoms with Gasteiger partial charge in [0, 0.05) is 54.3 Å². The van der Waals surface area contributed by atoms with Crippen LogP contribution in [0.3, 0.4) is 0 Å². The van der Waals surface area contributed by atoms with Crippen LogP contribution in [0.1, 0.15) is 102 Å². The van der Waals surface area contributed by atoms with E-state index in [1.54, 1.807) is 37.9 Å². The van der Waals surface area contributed by atoms with Crippen molar-refractivity contribution in [2.24, 2.45) is 7.05 Å². The summed E-state index contributed by atoms with van der Waals surface area (Å²) in [5.74, 6) is 0.402. The van der Waals surface area contributed by atoms with E-state index in [2.05, 4.69) is 44.5 Å². The zero-order valence-corrected chi connectivity index (χ0v) is 31.5. The lowest BCUT2D eigenvalue weighted by molar-refractivity contribution is 0.0523. The highest BCUT2D eigenvalue weighted by molar-refractivity contribution is 7.90. The van der Waals surface area contributed by atoms with Crippen molar-refractivity contribution in [2.45, 2.75) is 88.6 Å². The maximum absolute atomic E-state index is 14.4. The molecule has 1 N–H and O–H groups in total. The highest BCUT2D eigenvalue weighted by Gasteiger charge is 2.40. The monoisotopic (exact) mass is 724 g/mol. The zero-order chi connectivity index (χ0) is 36.5. The van der Waals surface area contributed by atoms with Crippen molar-refractivity contribution in [1.29, 1.82) is 0 Å². The first-order chi connectivity index (χ1) is 24.9. The number of sulfonamides is 1. The Bertz CT molecular complexity index is 2210. The molecule has 11 nitrogen and oxygen atoms in total. The molecular weight excluding hydrogens is 677 g/mol. The van der Waals surface area contributed by atoms with Gasteiger partial charge in [0.15, 0.2) is 0 Å². The second-order valence-corrected chi connectivity index (χ2v) is 17.6. The molecule has 274 valence electrons. The van der Waals surface area contributed by atoms with Gasteiger partial charge in [0.25, 0.3) is 11.8 Å². The third-order valence-electron chi connectivity index (χ3n) is 12.0. The molecule has 1 saturated carbocycles. The summed E-state index contributed by atoms with van der Waals surface area (Å²) in [7, 11) is 1.89. The maximum atomic E-state index is 14.4. The maximum Gasteiger partial charge on any atom is 0.264 e. The van der Waals surface area contributed by atoms with Gasteiger partial charge in [-0.25, -0.2) is 13.1 Å². The molecule has 1 aliphatic carbocycles.